The van der Waals surface area contributed by atoms with Crippen LogP contribution in [0.4, 0.5) is 5.69 Å². The summed E-state index contributed by atoms with van der Waals surface area (Å²) in [6.45, 7) is 1.70. The standard InChI is InChI=1S/C18H14ClN5/c19-12-2-3-13-15(10-12)23-17(24-8-7-22-18(13)24)11-1-4-14-16(9-11)21-6-5-20-14/h1-6,9-10,17,23H,7-8H2. The van der Waals surface area contributed by atoms with Crippen LogP contribution in [0.5, 0.6) is 0 Å². The molecule has 5 rings (SSSR count). The minimum absolute atomic E-state index is 0.0172. The first-order valence-electron chi connectivity index (χ1n) is 7.88. The van der Waals surface area contributed by atoms with Crippen LogP contribution in [0.2, 0.25) is 5.02 Å². The van der Waals surface area contributed by atoms with E-state index >= 15 is 0 Å². The van der Waals surface area contributed by atoms with E-state index in [9.17, 15) is 0 Å². The molecule has 5 nitrogen and oxygen atoms in total. The predicted octanol–water partition coefficient (Wildman–Crippen LogP) is 3.47. The fourth-order valence-electron chi connectivity index (χ4n) is 3.42. The molecule has 6 heteroatoms. The number of amidine groups is 1. The third kappa shape index (κ3) is 2.05. The topological polar surface area (TPSA) is 53.4 Å². The highest BCUT2D eigenvalue weighted by Gasteiger charge is 2.33. The minimum Gasteiger partial charge on any atom is -0.361 e. The number of aromatic nitrogens is 2. The van der Waals surface area contributed by atoms with Gasteiger partial charge in [-0.25, -0.2) is 0 Å². The minimum atomic E-state index is 0.0172. The highest BCUT2D eigenvalue weighted by Crippen LogP contribution is 2.36. The molecule has 0 saturated heterocycles. The first-order valence-corrected chi connectivity index (χ1v) is 8.26. The summed E-state index contributed by atoms with van der Waals surface area (Å²) in [7, 11) is 0. The monoisotopic (exact) mass is 335 g/mol. The van der Waals surface area contributed by atoms with Crippen molar-refractivity contribution in [2.45, 2.75) is 6.17 Å². The number of nitrogens with one attached hydrogen (secondary N) is 1. The molecule has 1 N–H and O–H groups in total. The van der Waals surface area contributed by atoms with Gasteiger partial charge in [-0.05, 0) is 35.9 Å². The zero-order chi connectivity index (χ0) is 16.1. The molecular formula is C18H14ClN5. The normalized spacial score (nSPS) is 18.8. The van der Waals surface area contributed by atoms with Gasteiger partial charge in [-0.2, -0.15) is 0 Å². The van der Waals surface area contributed by atoms with E-state index in [-0.39, 0.29) is 6.17 Å². The van der Waals surface area contributed by atoms with Gasteiger partial charge in [-0.15, -0.1) is 0 Å². The number of hydrogen-bond acceptors (Lipinski definition) is 5. The Labute approximate surface area is 144 Å². The quantitative estimate of drug-likeness (QED) is 0.740. The van der Waals surface area contributed by atoms with Crippen molar-refractivity contribution in [2.24, 2.45) is 4.99 Å². The van der Waals surface area contributed by atoms with Crippen LogP contribution in [0.1, 0.15) is 17.3 Å². The van der Waals surface area contributed by atoms with Crippen molar-refractivity contribution in [2.75, 3.05) is 18.4 Å². The fraction of sp³-hybridized carbons (Fsp3) is 0.167. The summed E-state index contributed by atoms with van der Waals surface area (Å²) in [5.74, 6) is 1.03. The maximum absolute atomic E-state index is 6.18. The van der Waals surface area contributed by atoms with Gasteiger partial charge in [0.2, 0.25) is 0 Å². The van der Waals surface area contributed by atoms with Gasteiger partial charge >= 0.3 is 0 Å². The molecule has 0 spiro atoms. The summed E-state index contributed by atoms with van der Waals surface area (Å²) >= 11 is 6.18. The van der Waals surface area contributed by atoms with Crippen LogP contribution in [0, 0.1) is 0 Å². The van der Waals surface area contributed by atoms with Crippen molar-refractivity contribution >= 4 is 34.2 Å². The van der Waals surface area contributed by atoms with E-state index in [0.29, 0.717) is 0 Å². The summed E-state index contributed by atoms with van der Waals surface area (Å²) in [6.07, 6.45) is 3.45. The van der Waals surface area contributed by atoms with E-state index in [1.54, 1.807) is 12.4 Å². The van der Waals surface area contributed by atoms with Crippen molar-refractivity contribution in [3.63, 3.8) is 0 Å². The van der Waals surface area contributed by atoms with E-state index in [1.165, 1.54) is 0 Å². The smallest absolute Gasteiger partial charge is 0.135 e. The molecule has 0 fully saturated rings. The van der Waals surface area contributed by atoms with Crippen LogP contribution in [-0.4, -0.2) is 33.8 Å². The Kier molecular flexibility index (Phi) is 2.97. The van der Waals surface area contributed by atoms with Gasteiger partial charge in [-0.1, -0.05) is 17.7 Å². The molecule has 0 saturated carbocycles. The van der Waals surface area contributed by atoms with E-state index < -0.39 is 0 Å². The Morgan fingerprint density at radius 1 is 1.04 bits per heavy atom. The lowest BCUT2D eigenvalue weighted by molar-refractivity contribution is 0.370. The maximum atomic E-state index is 6.18. The maximum Gasteiger partial charge on any atom is 0.135 e. The van der Waals surface area contributed by atoms with Crippen molar-refractivity contribution in [3.05, 3.63) is 64.9 Å². The number of benzene rings is 2. The zero-order valence-corrected chi connectivity index (χ0v) is 13.5. The van der Waals surface area contributed by atoms with Gasteiger partial charge in [0.1, 0.15) is 12.0 Å². The van der Waals surface area contributed by atoms with Crippen LogP contribution in [0.15, 0.2) is 53.8 Å². The van der Waals surface area contributed by atoms with Gasteiger partial charge < -0.3 is 10.2 Å². The van der Waals surface area contributed by atoms with Gasteiger partial charge in [0.15, 0.2) is 0 Å². The Bertz CT molecular complexity index is 984. The van der Waals surface area contributed by atoms with Crippen molar-refractivity contribution < 1.29 is 0 Å². The van der Waals surface area contributed by atoms with Crippen molar-refractivity contribution in [1.29, 1.82) is 0 Å². The van der Waals surface area contributed by atoms with Crippen LogP contribution < -0.4 is 5.32 Å². The predicted molar refractivity (Wildman–Crippen MR) is 95.5 cm³/mol. The summed E-state index contributed by atoms with van der Waals surface area (Å²) in [6, 6.07) is 12.1. The largest absolute Gasteiger partial charge is 0.361 e. The Morgan fingerprint density at radius 2 is 1.92 bits per heavy atom. The second-order valence-corrected chi connectivity index (χ2v) is 6.38. The molecule has 3 aromatic rings. The van der Waals surface area contributed by atoms with Crippen molar-refractivity contribution in [3.8, 4) is 0 Å². The first kappa shape index (κ1) is 13.7. The number of halogens is 1. The molecule has 1 unspecified atom stereocenters. The van der Waals surface area contributed by atoms with Crippen LogP contribution in [-0.2, 0) is 0 Å². The molecule has 2 aliphatic rings. The highest BCUT2D eigenvalue weighted by atomic mass is 35.5. The van der Waals surface area contributed by atoms with E-state index in [1.807, 2.05) is 24.3 Å². The molecule has 0 radical (unpaired) electrons. The Balaban J connectivity index is 1.64. The lowest BCUT2D eigenvalue weighted by Gasteiger charge is -2.37. The molecule has 2 aromatic carbocycles. The molecule has 118 valence electrons. The zero-order valence-electron chi connectivity index (χ0n) is 12.8. The highest BCUT2D eigenvalue weighted by molar-refractivity contribution is 6.31. The molecule has 0 bridgehead atoms. The van der Waals surface area contributed by atoms with Crippen molar-refractivity contribution in [1.82, 2.24) is 14.9 Å². The molecule has 3 heterocycles. The second kappa shape index (κ2) is 5.18. The number of rotatable bonds is 1. The summed E-state index contributed by atoms with van der Waals surface area (Å²) in [5, 5.41) is 4.32. The van der Waals surface area contributed by atoms with Gasteiger partial charge in [-0.3, -0.25) is 15.0 Å². The molecule has 2 aliphatic heterocycles. The number of fused-ring (bicyclic) bond motifs is 4. The van der Waals surface area contributed by atoms with E-state index in [2.05, 4.69) is 32.3 Å². The molecule has 0 amide bonds. The van der Waals surface area contributed by atoms with Gasteiger partial charge in [0, 0.05) is 35.2 Å². The molecule has 0 aliphatic carbocycles. The first-order chi connectivity index (χ1) is 11.8. The number of anilines is 1. The van der Waals surface area contributed by atoms with Crippen LogP contribution >= 0.6 is 11.6 Å². The van der Waals surface area contributed by atoms with E-state index in [0.717, 1.165) is 51.8 Å². The number of aliphatic imine (C=N–C) groups is 1. The van der Waals surface area contributed by atoms with Gasteiger partial charge in [0.25, 0.3) is 0 Å². The molecular weight excluding hydrogens is 322 g/mol. The number of hydrogen-bond donors (Lipinski definition) is 1. The molecule has 24 heavy (non-hydrogen) atoms. The summed E-state index contributed by atoms with van der Waals surface area (Å²) in [5.41, 5.74) is 5.06. The number of nitrogens with zero attached hydrogens (tertiary/aromatic N) is 4. The van der Waals surface area contributed by atoms with Crippen LogP contribution in [0.25, 0.3) is 11.0 Å². The van der Waals surface area contributed by atoms with Gasteiger partial charge in [0.05, 0.1) is 17.6 Å². The lowest BCUT2D eigenvalue weighted by Crippen LogP contribution is -2.41. The Morgan fingerprint density at radius 3 is 2.83 bits per heavy atom. The Hall–Kier alpha value is -2.66. The fourth-order valence-corrected chi connectivity index (χ4v) is 3.59. The summed E-state index contributed by atoms with van der Waals surface area (Å²) < 4.78 is 0. The third-order valence-corrected chi connectivity index (χ3v) is 4.75. The third-order valence-electron chi connectivity index (χ3n) is 4.51. The molecule has 1 atom stereocenters. The average molecular weight is 336 g/mol. The average Bonchev–Trinajstić information content (AvgIpc) is 3.10. The second-order valence-electron chi connectivity index (χ2n) is 5.94. The molecule has 1 aromatic heterocycles. The van der Waals surface area contributed by atoms with Crippen LogP contribution in [0.3, 0.4) is 0 Å². The van der Waals surface area contributed by atoms with E-state index in [4.69, 9.17) is 16.6 Å². The lowest BCUT2D eigenvalue weighted by atomic mass is 10.0. The summed E-state index contributed by atoms with van der Waals surface area (Å²) in [4.78, 5) is 15.8. The SMILES string of the molecule is Clc1ccc2c(c1)NC(c1ccc3nccnc3c1)N1CCN=C21.